The third-order valence-corrected chi connectivity index (χ3v) is 4.75. The standard InChI is InChI=1S/C14H26N2O/c1-10-3-5-13(11(10)2)16-14(17)6-4-12-7-8-15-9-12/h10-13,15H,3-9H2,1-2H3,(H,16,17). The first-order valence-corrected chi connectivity index (χ1v) is 7.17. The maximum atomic E-state index is 11.9. The molecule has 1 saturated carbocycles. The van der Waals surface area contributed by atoms with Crippen LogP contribution >= 0.6 is 0 Å². The van der Waals surface area contributed by atoms with Crippen LogP contribution in [0.1, 0.15) is 46.0 Å². The summed E-state index contributed by atoms with van der Waals surface area (Å²) in [6, 6.07) is 0.430. The van der Waals surface area contributed by atoms with Gasteiger partial charge in [-0.3, -0.25) is 4.79 Å². The van der Waals surface area contributed by atoms with E-state index < -0.39 is 0 Å². The molecule has 4 atom stereocenters. The van der Waals surface area contributed by atoms with Gasteiger partial charge in [-0.1, -0.05) is 13.8 Å². The van der Waals surface area contributed by atoms with Crippen molar-refractivity contribution in [1.29, 1.82) is 0 Å². The average Bonchev–Trinajstić information content (AvgIpc) is 2.92. The number of amides is 1. The Morgan fingerprint density at radius 2 is 2.12 bits per heavy atom. The summed E-state index contributed by atoms with van der Waals surface area (Å²) in [5.74, 6) is 2.40. The fraction of sp³-hybridized carbons (Fsp3) is 0.929. The molecule has 98 valence electrons. The van der Waals surface area contributed by atoms with Gasteiger partial charge in [0.05, 0.1) is 0 Å². The van der Waals surface area contributed by atoms with Crippen LogP contribution in [-0.2, 0) is 4.79 Å². The number of hydrogen-bond donors (Lipinski definition) is 2. The Labute approximate surface area is 105 Å². The minimum Gasteiger partial charge on any atom is -0.353 e. The van der Waals surface area contributed by atoms with E-state index >= 15 is 0 Å². The molecule has 0 aromatic heterocycles. The number of hydrogen-bond acceptors (Lipinski definition) is 2. The summed E-state index contributed by atoms with van der Waals surface area (Å²) in [5, 5.41) is 6.57. The topological polar surface area (TPSA) is 41.1 Å². The largest absolute Gasteiger partial charge is 0.353 e. The van der Waals surface area contributed by atoms with E-state index in [0.29, 0.717) is 18.4 Å². The molecule has 17 heavy (non-hydrogen) atoms. The Morgan fingerprint density at radius 3 is 2.71 bits per heavy atom. The molecular weight excluding hydrogens is 212 g/mol. The maximum Gasteiger partial charge on any atom is 0.220 e. The fourth-order valence-electron chi connectivity index (χ4n) is 3.14. The van der Waals surface area contributed by atoms with Gasteiger partial charge in [0.15, 0.2) is 0 Å². The van der Waals surface area contributed by atoms with E-state index in [9.17, 15) is 4.79 Å². The monoisotopic (exact) mass is 238 g/mol. The van der Waals surface area contributed by atoms with Crippen LogP contribution in [0.4, 0.5) is 0 Å². The van der Waals surface area contributed by atoms with E-state index in [1.54, 1.807) is 0 Å². The molecule has 0 aromatic carbocycles. The Kier molecular flexibility index (Phi) is 4.43. The quantitative estimate of drug-likeness (QED) is 0.786. The van der Waals surface area contributed by atoms with Crippen LogP contribution in [0, 0.1) is 17.8 Å². The molecule has 1 heterocycles. The highest BCUT2D eigenvalue weighted by atomic mass is 16.1. The zero-order chi connectivity index (χ0) is 12.3. The van der Waals surface area contributed by atoms with Gasteiger partial charge >= 0.3 is 0 Å². The van der Waals surface area contributed by atoms with Crippen molar-refractivity contribution in [3.05, 3.63) is 0 Å². The van der Waals surface area contributed by atoms with Crippen molar-refractivity contribution in [2.45, 2.75) is 52.0 Å². The lowest BCUT2D eigenvalue weighted by Crippen LogP contribution is -2.37. The molecule has 3 heteroatoms. The van der Waals surface area contributed by atoms with Crippen molar-refractivity contribution in [3.63, 3.8) is 0 Å². The number of rotatable bonds is 4. The molecule has 2 rings (SSSR count). The molecule has 0 radical (unpaired) electrons. The van der Waals surface area contributed by atoms with Crippen molar-refractivity contribution in [2.24, 2.45) is 17.8 Å². The van der Waals surface area contributed by atoms with E-state index in [0.717, 1.165) is 31.3 Å². The van der Waals surface area contributed by atoms with Gasteiger partial charge in [0.25, 0.3) is 0 Å². The van der Waals surface area contributed by atoms with Crippen LogP contribution in [0.5, 0.6) is 0 Å². The summed E-state index contributed by atoms with van der Waals surface area (Å²) in [6.07, 6.45) is 5.43. The molecule has 4 unspecified atom stereocenters. The highest BCUT2D eigenvalue weighted by Crippen LogP contribution is 2.31. The molecular formula is C14H26N2O. The van der Waals surface area contributed by atoms with Crippen LogP contribution in [0.2, 0.25) is 0 Å². The van der Waals surface area contributed by atoms with Crippen molar-refractivity contribution in [3.8, 4) is 0 Å². The highest BCUT2D eigenvalue weighted by Gasteiger charge is 2.30. The van der Waals surface area contributed by atoms with E-state index in [1.807, 2.05) is 0 Å². The van der Waals surface area contributed by atoms with E-state index in [-0.39, 0.29) is 5.91 Å². The van der Waals surface area contributed by atoms with Crippen molar-refractivity contribution in [2.75, 3.05) is 13.1 Å². The third-order valence-electron chi connectivity index (χ3n) is 4.75. The van der Waals surface area contributed by atoms with E-state index in [2.05, 4.69) is 24.5 Å². The molecule has 1 aliphatic carbocycles. The third kappa shape index (κ3) is 3.44. The minimum atomic E-state index is 0.267. The van der Waals surface area contributed by atoms with Crippen LogP contribution in [0.25, 0.3) is 0 Å². The first kappa shape index (κ1) is 12.9. The molecule has 1 amide bonds. The zero-order valence-corrected chi connectivity index (χ0v) is 11.2. The Bertz CT molecular complexity index is 261. The normalized spacial score (nSPS) is 37.3. The Hall–Kier alpha value is -0.570. The lowest BCUT2D eigenvalue weighted by Gasteiger charge is -2.20. The van der Waals surface area contributed by atoms with Gasteiger partial charge in [-0.15, -0.1) is 0 Å². The van der Waals surface area contributed by atoms with Gasteiger partial charge in [-0.05, 0) is 56.5 Å². The summed E-state index contributed by atoms with van der Waals surface area (Å²) in [4.78, 5) is 11.9. The second-order valence-corrected chi connectivity index (χ2v) is 5.99. The average molecular weight is 238 g/mol. The van der Waals surface area contributed by atoms with Gasteiger partial charge in [-0.25, -0.2) is 0 Å². The predicted molar refractivity (Wildman–Crippen MR) is 69.7 cm³/mol. The van der Waals surface area contributed by atoms with Crippen molar-refractivity contribution in [1.82, 2.24) is 10.6 Å². The lowest BCUT2D eigenvalue weighted by atomic mass is 9.97. The SMILES string of the molecule is CC1CCC(NC(=O)CCC2CCNC2)C1C. The van der Waals surface area contributed by atoms with Gasteiger partial charge in [0.1, 0.15) is 0 Å². The highest BCUT2D eigenvalue weighted by molar-refractivity contribution is 5.76. The Balaban J connectivity index is 1.66. The summed E-state index contributed by atoms with van der Waals surface area (Å²) in [5.41, 5.74) is 0. The lowest BCUT2D eigenvalue weighted by molar-refractivity contribution is -0.122. The number of nitrogens with one attached hydrogen (secondary N) is 2. The summed E-state index contributed by atoms with van der Waals surface area (Å²) in [7, 11) is 0. The first-order valence-electron chi connectivity index (χ1n) is 7.17. The van der Waals surface area contributed by atoms with Crippen molar-refractivity contribution < 1.29 is 4.79 Å². The van der Waals surface area contributed by atoms with Crippen LogP contribution in [-0.4, -0.2) is 25.0 Å². The molecule has 2 aliphatic rings. The number of carbonyl (C=O) groups excluding carboxylic acids is 1. The first-order chi connectivity index (χ1) is 8.16. The van der Waals surface area contributed by atoms with Gasteiger partial charge in [0, 0.05) is 12.5 Å². The Morgan fingerprint density at radius 1 is 1.29 bits per heavy atom. The van der Waals surface area contributed by atoms with Gasteiger partial charge in [-0.2, -0.15) is 0 Å². The summed E-state index contributed by atoms with van der Waals surface area (Å²) < 4.78 is 0. The summed E-state index contributed by atoms with van der Waals surface area (Å²) >= 11 is 0. The minimum absolute atomic E-state index is 0.267. The number of carbonyl (C=O) groups is 1. The molecule has 2 N–H and O–H groups in total. The molecule has 2 fully saturated rings. The van der Waals surface area contributed by atoms with Gasteiger partial charge in [0.2, 0.25) is 5.91 Å². The molecule has 0 spiro atoms. The molecule has 1 saturated heterocycles. The molecule has 3 nitrogen and oxygen atoms in total. The predicted octanol–water partition coefficient (Wildman–Crippen LogP) is 1.93. The van der Waals surface area contributed by atoms with Crippen LogP contribution in [0.3, 0.4) is 0 Å². The van der Waals surface area contributed by atoms with Gasteiger partial charge < -0.3 is 10.6 Å². The zero-order valence-electron chi connectivity index (χ0n) is 11.2. The second-order valence-electron chi connectivity index (χ2n) is 5.99. The maximum absolute atomic E-state index is 11.9. The second kappa shape index (κ2) is 5.85. The fourth-order valence-corrected chi connectivity index (χ4v) is 3.14. The van der Waals surface area contributed by atoms with E-state index in [4.69, 9.17) is 0 Å². The summed E-state index contributed by atoms with van der Waals surface area (Å²) in [6.45, 7) is 6.79. The van der Waals surface area contributed by atoms with E-state index in [1.165, 1.54) is 19.3 Å². The van der Waals surface area contributed by atoms with Crippen LogP contribution < -0.4 is 10.6 Å². The molecule has 0 bridgehead atoms. The van der Waals surface area contributed by atoms with Crippen molar-refractivity contribution >= 4 is 5.91 Å². The molecule has 1 aliphatic heterocycles. The van der Waals surface area contributed by atoms with Crippen LogP contribution in [0.15, 0.2) is 0 Å². The molecule has 0 aromatic rings. The smallest absolute Gasteiger partial charge is 0.220 e.